The van der Waals surface area contributed by atoms with E-state index < -0.39 is 28.6 Å². The lowest BCUT2D eigenvalue weighted by Crippen LogP contribution is -2.16. The van der Waals surface area contributed by atoms with Gasteiger partial charge in [-0.15, -0.1) is 0 Å². The highest BCUT2D eigenvalue weighted by molar-refractivity contribution is 7.74. The number of hydrogen-bond acceptors (Lipinski definition) is 6. The van der Waals surface area contributed by atoms with E-state index in [0.29, 0.717) is 11.1 Å². The van der Waals surface area contributed by atoms with Crippen molar-refractivity contribution in [1.29, 1.82) is 0 Å². The molecule has 0 saturated heterocycles. The molecule has 4 N–H and O–H groups in total. The number of aromatic carboxylic acids is 1. The van der Waals surface area contributed by atoms with Crippen LogP contribution in [0.25, 0.3) is 11.1 Å². The number of carbonyl (C=O) groups is 2. The van der Waals surface area contributed by atoms with Crippen molar-refractivity contribution in [2.75, 3.05) is 9.62 Å². The monoisotopic (exact) mass is 522 g/mol. The molecule has 0 fully saturated rings. The maximum atomic E-state index is 13.3. The summed E-state index contributed by atoms with van der Waals surface area (Å²) in [6, 6.07) is 18.9. The van der Waals surface area contributed by atoms with Gasteiger partial charge in [-0.05, 0) is 77.9 Å². The van der Waals surface area contributed by atoms with E-state index in [2.05, 4.69) is 5.32 Å². The zero-order valence-corrected chi connectivity index (χ0v) is 19.7. The van der Waals surface area contributed by atoms with Crippen LogP contribution in [0.4, 0.5) is 21.5 Å². The van der Waals surface area contributed by atoms with Crippen molar-refractivity contribution >= 4 is 39.8 Å². The minimum Gasteiger partial charge on any atom is -0.507 e. The first kappa shape index (κ1) is 25.2. The normalized spacial score (nSPS) is 10.8. The van der Waals surface area contributed by atoms with E-state index in [1.54, 1.807) is 18.2 Å². The van der Waals surface area contributed by atoms with Gasteiger partial charge >= 0.3 is 5.97 Å². The fourth-order valence-corrected chi connectivity index (χ4v) is 4.24. The molecule has 37 heavy (non-hydrogen) atoms. The third-order valence-corrected chi connectivity index (χ3v) is 6.18. The molecule has 4 aromatic rings. The molecule has 0 saturated carbocycles. The van der Waals surface area contributed by atoms with E-state index in [1.807, 2.05) is 0 Å². The largest absolute Gasteiger partial charge is 0.507 e. The minimum absolute atomic E-state index is 0.0900. The Morgan fingerprint density at radius 3 is 2.03 bits per heavy atom. The third kappa shape index (κ3) is 5.52. The Kier molecular flexibility index (Phi) is 7.07. The third-order valence-electron chi connectivity index (χ3n) is 5.40. The number of rotatable bonds is 7. The van der Waals surface area contributed by atoms with Crippen molar-refractivity contribution < 1.29 is 37.7 Å². The van der Waals surface area contributed by atoms with E-state index in [0.717, 1.165) is 16.4 Å². The van der Waals surface area contributed by atoms with Crippen molar-refractivity contribution in [3.05, 3.63) is 102 Å². The number of phenols is 2. The predicted molar refractivity (Wildman–Crippen MR) is 135 cm³/mol. The number of carboxylic acid groups (broad SMARTS) is 1. The molecular weight excluding hydrogens is 503 g/mol. The van der Waals surface area contributed by atoms with Crippen LogP contribution in [0.5, 0.6) is 11.5 Å². The minimum atomic E-state index is -3.27. The van der Waals surface area contributed by atoms with Gasteiger partial charge in [0, 0.05) is 11.3 Å². The quantitative estimate of drug-likeness (QED) is 0.177. The van der Waals surface area contributed by atoms with Crippen LogP contribution in [0.1, 0.15) is 20.7 Å². The smallest absolute Gasteiger partial charge is 0.339 e. The van der Waals surface area contributed by atoms with E-state index in [1.165, 1.54) is 54.6 Å². The van der Waals surface area contributed by atoms with Crippen molar-refractivity contribution in [2.24, 2.45) is 0 Å². The highest BCUT2D eigenvalue weighted by Crippen LogP contribution is 2.36. The average Bonchev–Trinajstić information content (AvgIpc) is 2.87. The molecule has 0 aliphatic rings. The standard InChI is InChI=1S/C26H19FN2O7S/c27-18-6-9-20(10-7-18)29(37(35)36)22-14-19(8-12-24(22)31)28-25(32)16-3-1-15(2-4-16)17-5-11-23(30)21(13-17)26(33)34/h1-14,30-31,37H,(H,28,32)(H,33,34). The van der Waals surface area contributed by atoms with E-state index >= 15 is 0 Å². The van der Waals surface area contributed by atoms with Crippen LogP contribution >= 0.6 is 0 Å². The van der Waals surface area contributed by atoms with Crippen molar-refractivity contribution in [3.8, 4) is 22.6 Å². The number of benzene rings is 4. The Morgan fingerprint density at radius 2 is 1.41 bits per heavy atom. The van der Waals surface area contributed by atoms with Crippen molar-refractivity contribution in [3.63, 3.8) is 0 Å². The molecule has 1 amide bonds. The number of carbonyl (C=O) groups excluding carboxylic acids is 1. The van der Waals surface area contributed by atoms with E-state index in [4.69, 9.17) is 0 Å². The van der Waals surface area contributed by atoms with Crippen LogP contribution in [-0.4, -0.2) is 35.6 Å². The van der Waals surface area contributed by atoms with Gasteiger partial charge in [0.05, 0.1) is 5.69 Å². The summed E-state index contributed by atoms with van der Waals surface area (Å²) < 4.78 is 38.0. The van der Waals surface area contributed by atoms with Gasteiger partial charge in [0.15, 0.2) is 0 Å². The number of nitrogens with zero attached hydrogens (tertiary/aromatic N) is 1. The first-order valence-corrected chi connectivity index (χ1v) is 11.8. The number of thiol groups is 1. The van der Waals surface area contributed by atoms with Gasteiger partial charge in [0.2, 0.25) is 10.9 Å². The number of hydrogen-bond donors (Lipinski definition) is 5. The van der Waals surface area contributed by atoms with Crippen molar-refractivity contribution in [2.45, 2.75) is 0 Å². The van der Waals surface area contributed by atoms with Crippen LogP contribution < -0.4 is 9.62 Å². The summed E-state index contributed by atoms with van der Waals surface area (Å²) in [5.41, 5.74) is 1.27. The lowest BCUT2D eigenvalue weighted by Gasteiger charge is -2.20. The van der Waals surface area contributed by atoms with Gasteiger partial charge in [0.25, 0.3) is 5.91 Å². The molecule has 0 spiro atoms. The molecule has 0 aliphatic heterocycles. The second-order valence-corrected chi connectivity index (χ2v) is 8.67. The Balaban J connectivity index is 1.57. The summed E-state index contributed by atoms with van der Waals surface area (Å²) in [4.78, 5) is 24.1. The molecule has 0 atom stereocenters. The topological polar surface area (TPSA) is 144 Å². The number of aromatic hydroxyl groups is 2. The van der Waals surface area contributed by atoms with Crippen LogP contribution in [0.3, 0.4) is 0 Å². The second kappa shape index (κ2) is 10.4. The maximum absolute atomic E-state index is 13.3. The summed E-state index contributed by atoms with van der Waals surface area (Å²) in [6.07, 6.45) is 0. The summed E-state index contributed by atoms with van der Waals surface area (Å²) in [6.45, 7) is 0. The van der Waals surface area contributed by atoms with Crippen LogP contribution in [0.2, 0.25) is 0 Å². The highest BCUT2D eigenvalue weighted by atomic mass is 32.2. The van der Waals surface area contributed by atoms with Crippen LogP contribution in [0.15, 0.2) is 84.9 Å². The molecule has 0 aliphatic carbocycles. The molecular formula is C26H19FN2O7S. The number of phenolic OH excluding ortho intramolecular Hbond substituents is 1. The molecule has 0 unspecified atom stereocenters. The molecule has 4 aromatic carbocycles. The fourth-order valence-electron chi connectivity index (χ4n) is 3.58. The van der Waals surface area contributed by atoms with E-state index in [9.17, 15) is 37.7 Å². The van der Waals surface area contributed by atoms with E-state index in [-0.39, 0.29) is 39.7 Å². The molecule has 0 bridgehead atoms. The van der Waals surface area contributed by atoms with Gasteiger partial charge in [-0.2, -0.15) is 0 Å². The summed E-state index contributed by atoms with van der Waals surface area (Å²) in [7, 11) is -3.27. The number of nitrogens with one attached hydrogen (secondary N) is 1. The summed E-state index contributed by atoms with van der Waals surface area (Å²) in [5, 5.41) is 31.8. The fraction of sp³-hybridized carbons (Fsp3) is 0. The Bertz CT molecular complexity index is 1560. The van der Waals surface area contributed by atoms with Gasteiger partial charge in [-0.3, -0.25) is 4.79 Å². The lowest BCUT2D eigenvalue weighted by atomic mass is 10.0. The maximum Gasteiger partial charge on any atom is 0.339 e. The van der Waals surface area contributed by atoms with Crippen molar-refractivity contribution in [1.82, 2.24) is 0 Å². The molecule has 0 aromatic heterocycles. The molecule has 0 heterocycles. The SMILES string of the molecule is O=C(Nc1ccc(O)c(N(c2ccc(F)cc2)[SH](=O)=O)c1)c1ccc(-c2ccc(O)c(C(=O)O)c2)cc1. The van der Waals surface area contributed by atoms with Gasteiger partial charge in [-0.25, -0.2) is 21.9 Å². The average molecular weight is 523 g/mol. The Morgan fingerprint density at radius 1 is 0.784 bits per heavy atom. The molecule has 0 radical (unpaired) electrons. The number of halogens is 1. The van der Waals surface area contributed by atoms with Gasteiger partial charge in [-0.1, -0.05) is 18.2 Å². The summed E-state index contributed by atoms with van der Waals surface area (Å²) >= 11 is 0. The predicted octanol–water partition coefficient (Wildman–Crippen LogP) is 4.52. The Labute approximate surface area is 211 Å². The first-order valence-electron chi connectivity index (χ1n) is 10.6. The zero-order valence-electron chi connectivity index (χ0n) is 18.8. The highest BCUT2D eigenvalue weighted by Gasteiger charge is 2.18. The second-order valence-electron chi connectivity index (χ2n) is 7.80. The molecule has 4 rings (SSSR count). The molecule has 188 valence electrons. The Hall–Kier alpha value is -4.90. The first-order chi connectivity index (χ1) is 17.6. The molecule has 11 heteroatoms. The van der Waals surface area contributed by atoms with Crippen LogP contribution in [-0.2, 0) is 10.9 Å². The molecule has 9 nitrogen and oxygen atoms in total. The van der Waals surface area contributed by atoms with Gasteiger partial charge in [0.1, 0.15) is 28.6 Å². The zero-order chi connectivity index (χ0) is 26.7. The number of amides is 1. The van der Waals surface area contributed by atoms with Gasteiger partial charge < -0.3 is 20.6 Å². The van der Waals surface area contributed by atoms with Crippen LogP contribution in [0, 0.1) is 5.82 Å². The lowest BCUT2D eigenvalue weighted by molar-refractivity contribution is 0.0693. The number of anilines is 3. The summed E-state index contributed by atoms with van der Waals surface area (Å²) in [5.74, 6) is -3.10. The number of carboxylic acids is 1.